The monoisotopic (exact) mass is 271 g/mol. The molecule has 17 heavy (non-hydrogen) atoms. The highest BCUT2D eigenvalue weighted by Crippen LogP contribution is 2.36. The molecule has 0 fully saturated rings. The lowest BCUT2D eigenvalue weighted by Crippen LogP contribution is -2.37. The van der Waals surface area contributed by atoms with E-state index in [9.17, 15) is 13.2 Å². The van der Waals surface area contributed by atoms with Crippen LogP contribution in [-0.4, -0.2) is 24.4 Å². The number of thioether (sulfide) groups is 1. The van der Waals surface area contributed by atoms with E-state index < -0.39 is 5.51 Å². The molecule has 1 atom stereocenters. The summed E-state index contributed by atoms with van der Waals surface area (Å²) in [5.74, 6) is 0.520. The fourth-order valence-electron chi connectivity index (χ4n) is 1.53. The van der Waals surface area contributed by atoms with E-state index in [1.807, 2.05) is 0 Å². The van der Waals surface area contributed by atoms with Gasteiger partial charge in [-0.25, -0.2) is 0 Å². The van der Waals surface area contributed by atoms with Gasteiger partial charge in [0.1, 0.15) is 0 Å². The largest absolute Gasteiger partial charge is 0.441 e. The third kappa shape index (κ3) is 7.92. The highest BCUT2D eigenvalue weighted by atomic mass is 32.2. The zero-order valence-corrected chi connectivity index (χ0v) is 12.0. The molecule has 0 aromatic heterocycles. The third-order valence-corrected chi connectivity index (χ3v) is 4.02. The van der Waals surface area contributed by atoms with E-state index in [0.29, 0.717) is 12.3 Å². The minimum Gasteiger partial charge on any atom is -0.316 e. The number of hydrogen-bond donors (Lipinski definition) is 1. The first-order valence-electron chi connectivity index (χ1n) is 6.12. The van der Waals surface area contributed by atoms with Gasteiger partial charge in [0, 0.05) is 12.3 Å². The predicted molar refractivity (Wildman–Crippen MR) is 69.2 cm³/mol. The zero-order chi connectivity index (χ0) is 13.5. The highest BCUT2D eigenvalue weighted by Gasteiger charge is 2.32. The van der Waals surface area contributed by atoms with Crippen LogP contribution < -0.4 is 5.32 Å². The van der Waals surface area contributed by atoms with E-state index in [1.165, 1.54) is 0 Å². The first-order chi connectivity index (χ1) is 7.71. The lowest BCUT2D eigenvalue weighted by molar-refractivity contribution is -0.0329. The Morgan fingerprint density at radius 1 is 1.24 bits per heavy atom. The Kier molecular flexibility index (Phi) is 7.56. The second kappa shape index (κ2) is 7.52. The van der Waals surface area contributed by atoms with Gasteiger partial charge < -0.3 is 5.32 Å². The molecule has 0 saturated heterocycles. The Labute approximate surface area is 107 Å². The maximum atomic E-state index is 12.1. The molecule has 0 aromatic rings. The van der Waals surface area contributed by atoms with Gasteiger partial charge in [0.25, 0.3) is 0 Å². The van der Waals surface area contributed by atoms with Crippen LogP contribution in [0.15, 0.2) is 0 Å². The van der Waals surface area contributed by atoms with Crippen LogP contribution in [0.2, 0.25) is 0 Å². The van der Waals surface area contributed by atoms with Crippen molar-refractivity contribution in [2.24, 2.45) is 11.3 Å². The van der Waals surface area contributed by atoms with Crippen molar-refractivity contribution < 1.29 is 13.2 Å². The Bertz CT molecular complexity index is 206. The van der Waals surface area contributed by atoms with Crippen LogP contribution in [0.3, 0.4) is 0 Å². The lowest BCUT2D eigenvalue weighted by Gasteiger charge is -2.34. The van der Waals surface area contributed by atoms with Crippen LogP contribution in [0.4, 0.5) is 13.2 Å². The molecular weight excluding hydrogens is 247 g/mol. The summed E-state index contributed by atoms with van der Waals surface area (Å²) in [7, 11) is 0. The van der Waals surface area contributed by atoms with E-state index in [0.717, 1.165) is 19.5 Å². The fraction of sp³-hybridized carbons (Fsp3) is 1.00. The molecule has 0 amide bonds. The average Bonchev–Trinajstić information content (AvgIpc) is 2.15. The third-order valence-electron chi connectivity index (χ3n) is 3.29. The lowest BCUT2D eigenvalue weighted by atomic mass is 9.77. The van der Waals surface area contributed by atoms with Crippen molar-refractivity contribution >= 4 is 11.8 Å². The molecule has 0 spiro atoms. The number of hydrogen-bond acceptors (Lipinski definition) is 2. The predicted octanol–water partition coefficient (Wildman–Crippen LogP) is 4.29. The Balaban J connectivity index is 4.12. The minimum atomic E-state index is -4.10. The quantitative estimate of drug-likeness (QED) is 0.661. The van der Waals surface area contributed by atoms with Gasteiger partial charge in [-0.2, -0.15) is 13.2 Å². The van der Waals surface area contributed by atoms with Gasteiger partial charge in [-0.3, -0.25) is 0 Å². The van der Waals surface area contributed by atoms with Gasteiger partial charge in [-0.05, 0) is 30.7 Å². The van der Waals surface area contributed by atoms with Crippen LogP contribution in [-0.2, 0) is 0 Å². The van der Waals surface area contributed by atoms with E-state index >= 15 is 0 Å². The summed E-state index contributed by atoms with van der Waals surface area (Å²) in [4.78, 5) is 0. The normalized spacial score (nSPS) is 16.2. The van der Waals surface area contributed by atoms with Crippen molar-refractivity contribution in [3.63, 3.8) is 0 Å². The zero-order valence-electron chi connectivity index (χ0n) is 11.2. The number of alkyl halides is 3. The van der Waals surface area contributed by atoms with E-state index in [1.54, 1.807) is 0 Å². The molecule has 5 heteroatoms. The summed E-state index contributed by atoms with van der Waals surface area (Å²) in [6.45, 7) is 10.0. The summed E-state index contributed by atoms with van der Waals surface area (Å²) in [5.41, 5.74) is -4.16. The molecular formula is C12H24F3NS. The Morgan fingerprint density at radius 3 is 2.24 bits per heavy atom. The number of halogens is 3. The van der Waals surface area contributed by atoms with Gasteiger partial charge >= 0.3 is 5.51 Å². The van der Waals surface area contributed by atoms with Crippen molar-refractivity contribution in [2.75, 3.05) is 18.8 Å². The molecule has 0 aliphatic carbocycles. The SMILES string of the molecule is CCCNCC(C)(CCSC(F)(F)F)C(C)C. The molecule has 0 aliphatic heterocycles. The second-order valence-corrected chi connectivity index (χ2v) is 6.19. The van der Waals surface area contributed by atoms with Crippen LogP contribution in [0.1, 0.15) is 40.5 Å². The van der Waals surface area contributed by atoms with Gasteiger partial charge in [-0.15, -0.1) is 0 Å². The highest BCUT2D eigenvalue weighted by molar-refractivity contribution is 8.00. The molecule has 0 aromatic carbocycles. The van der Waals surface area contributed by atoms with Crippen LogP contribution in [0.5, 0.6) is 0 Å². The molecule has 0 aliphatic rings. The topological polar surface area (TPSA) is 12.0 Å². The first kappa shape index (κ1) is 17.1. The van der Waals surface area contributed by atoms with Crippen molar-refractivity contribution in [3.8, 4) is 0 Å². The molecule has 1 N–H and O–H groups in total. The van der Waals surface area contributed by atoms with E-state index in [4.69, 9.17) is 0 Å². The molecule has 104 valence electrons. The summed E-state index contributed by atoms with van der Waals surface area (Å²) in [5, 5.41) is 3.31. The van der Waals surface area contributed by atoms with Crippen molar-refractivity contribution in [3.05, 3.63) is 0 Å². The van der Waals surface area contributed by atoms with Crippen LogP contribution in [0.25, 0.3) is 0 Å². The maximum absolute atomic E-state index is 12.1. The number of nitrogens with one attached hydrogen (secondary N) is 1. The number of rotatable bonds is 8. The van der Waals surface area contributed by atoms with E-state index in [-0.39, 0.29) is 22.9 Å². The molecule has 0 bridgehead atoms. The van der Waals surface area contributed by atoms with Crippen molar-refractivity contribution in [1.82, 2.24) is 5.32 Å². The summed E-state index contributed by atoms with van der Waals surface area (Å²) in [6.07, 6.45) is 1.64. The van der Waals surface area contributed by atoms with Crippen LogP contribution in [0, 0.1) is 11.3 Å². The standard InChI is InChI=1S/C12H24F3NS/c1-5-7-16-9-11(4,10(2)3)6-8-17-12(13,14)15/h10,16H,5-9H2,1-4H3. The Morgan fingerprint density at radius 2 is 1.82 bits per heavy atom. The maximum Gasteiger partial charge on any atom is 0.441 e. The average molecular weight is 271 g/mol. The second-order valence-electron chi connectivity index (χ2n) is 5.03. The summed E-state index contributed by atoms with van der Waals surface area (Å²) < 4.78 is 36.3. The first-order valence-corrected chi connectivity index (χ1v) is 7.11. The minimum absolute atomic E-state index is 0.0621. The van der Waals surface area contributed by atoms with E-state index in [2.05, 4.69) is 33.0 Å². The Hall–Kier alpha value is 0.100. The fourth-order valence-corrected chi connectivity index (χ4v) is 2.33. The summed E-state index contributed by atoms with van der Waals surface area (Å²) >= 11 is 0.0893. The van der Waals surface area contributed by atoms with Crippen molar-refractivity contribution in [1.29, 1.82) is 0 Å². The van der Waals surface area contributed by atoms with Crippen molar-refractivity contribution in [2.45, 2.75) is 46.0 Å². The molecule has 0 radical (unpaired) electrons. The van der Waals surface area contributed by atoms with Gasteiger partial charge in [0.2, 0.25) is 0 Å². The summed E-state index contributed by atoms with van der Waals surface area (Å²) in [6, 6.07) is 0. The molecule has 0 saturated carbocycles. The molecule has 1 unspecified atom stereocenters. The molecule has 0 heterocycles. The van der Waals surface area contributed by atoms with Crippen LogP contribution >= 0.6 is 11.8 Å². The van der Waals surface area contributed by atoms with Gasteiger partial charge in [0.15, 0.2) is 0 Å². The van der Waals surface area contributed by atoms with Gasteiger partial charge in [-0.1, -0.05) is 39.5 Å². The molecule has 0 rings (SSSR count). The van der Waals surface area contributed by atoms with Gasteiger partial charge in [0.05, 0.1) is 0 Å². The molecule has 1 nitrogen and oxygen atoms in total. The smallest absolute Gasteiger partial charge is 0.316 e.